The molecule has 14 nitrogen and oxygen atoms in total. The first-order valence-electron chi connectivity index (χ1n) is 12.9. The molecule has 1 aromatic carbocycles. The van der Waals surface area contributed by atoms with Gasteiger partial charge in [0.2, 0.25) is 0 Å². The van der Waals surface area contributed by atoms with Gasteiger partial charge in [-0.2, -0.15) is 4.68 Å². The third kappa shape index (κ3) is 4.96. The van der Waals surface area contributed by atoms with E-state index in [4.69, 9.17) is 9.72 Å². The zero-order valence-electron chi connectivity index (χ0n) is 22.3. The fourth-order valence-electron chi connectivity index (χ4n) is 5.03. The van der Waals surface area contributed by atoms with Gasteiger partial charge in [-0.25, -0.2) is 14.8 Å². The lowest BCUT2D eigenvalue weighted by Gasteiger charge is -2.18. The Kier molecular flexibility index (Phi) is 6.81. The van der Waals surface area contributed by atoms with Crippen LogP contribution in [0.1, 0.15) is 29.7 Å². The van der Waals surface area contributed by atoms with Gasteiger partial charge in [-0.1, -0.05) is 11.6 Å². The summed E-state index contributed by atoms with van der Waals surface area (Å²) < 4.78 is 8.23. The lowest BCUT2D eigenvalue weighted by molar-refractivity contribution is 0.186. The topological polar surface area (TPSA) is 170 Å². The van der Waals surface area contributed by atoms with Crippen LogP contribution in [0.2, 0.25) is 0 Å². The molecule has 2 N–H and O–H groups in total. The van der Waals surface area contributed by atoms with E-state index in [1.54, 1.807) is 27.6 Å². The predicted octanol–water partition coefficient (Wildman–Crippen LogP) is 2.65. The van der Waals surface area contributed by atoms with Crippen molar-refractivity contribution in [2.45, 2.75) is 25.8 Å². The smallest absolute Gasteiger partial charge is 0.411 e. The normalized spacial score (nSPS) is 14.2. The summed E-state index contributed by atoms with van der Waals surface area (Å²) in [5.74, 6) is 1.30. The summed E-state index contributed by atoms with van der Waals surface area (Å²) in [7, 11) is 1.52. The van der Waals surface area contributed by atoms with Crippen LogP contribution in [-0.4, -0.2) is 76.2 Å². The minimum Gasteiger partial charge on any atom is -0.465 e. The van der Waals surface area contributed by atoms with E-state index in [0.717, 1.165) is 16.8 Å². The third-order valence-electron chi connectivity index (χ3n) is 7.00. The van der Waals surface area contributed by atoms with Gasteiger partial charge in [0, 0.05) is 25.2 Å². The summed E-state index contributed by atoms with van der Waals surface area (Å²) in [5.41, 5.74) is 4.58. The molecule has 4 aromatic heterocycles. The molecule has 208 valence electrons. The number of carbonyl (C=O) groups is 1. The maximum absolute atomic E-state index is 13.4. The number of nitrogens with one attached hydrogen (secondary N) is 1. The quantitative estimate of drug-likeness (QED) is 0.291. The average molecular weight is 555 g/mol. The van der Waals surface area contributed by atoms with Gasteiger partial charge in [0.15, 0.2) is 0 Å². The summed E-state index contributed by atoms with van der Waals surface area (Å²) in [5, 5.41) is 21.0. The van der Waals surface area contributed by atoms with Gasteiger partial charge in [0.05, 0.1) is 60.0 Å². The van der Waals surface area contributed by atoms with Crippen LogP contribution in [0, 0.1) is 6.92 Å². The van der Waals surface area contributed by atoms with Crippen LogP contribution in [0.15, 0.2) is 59.9 Å². The van der Waals surface area contributed by atoms with Gasteiger partial charge in [-0.05, 0) is 48.0 Å². The number of carboxylic acid groups (broad SMARTS) is 1. The van der Waals surface area contributed by atoms with Crippen LogP contribution in [0.25, 0.3) is 28.3 Å². The standard InChI is InChI=1S/C27H26N10O4/c1-16-3-6-22(36-15-30-33-34-36)18(11-16)20-12-25(38)37-23(7-8-24(37)31-20)26-29-14-21(32-26)19-5-4-17(13-28-19)35(27(39)40)9-10-41-2/h3-6,11-15,23H,7-10H2,1-2H3,(H,29,32)(H,39,40)/t23-/m0/s1. The first-order chi connectivity index (χ1) is 19.9. The van der Waals surface area contributed by atoms with E-state index in [1.165, 1.54) is 30.6 Å². The summed E-state index contributed by atoms with van der Waals surface area (Å²) >= 11 is 0. The number of fused-ring (bicyclic) bond motifs is 1. The number of H-pyrrole nitrogens is 1. The first-order valence-corrected chi connectivity index (χ1v) is 12.9. The zero-order valence-corrected chi connectivity index (χ0v) is 22.3. The molecule has 14 heteroatoms. The van der Waals surface area contributed by atoms with Crippen molar-refractivity contribution in [3.05, 3.63) is 82.7 Å². The van der Waals surface area contributed by atoms with Crippen molar-refractivity contribution in [1.29, 1.82) is 0 Å². The number of methoxy groups -OCH3 is 1. The van der Waals surface area contributed by atoms with Crippen molar-refractivity contribution in [2.75, 3.05) is 25.2 Å². The van der Waals surface area contributed by atoms with Crippen molar-refractivity contribution in [3.8, 4) is 28.3 Å². The monoisotopic (exact) mass is 554 g/mol. The number of hydrogen-bond acceptors (Lipinski definition) is 9. The number of tetrazole rings is 1. The Morgan fingerprint density at radius 2 is 2.05 bits per heavy atom. The fourth-order valence-corrected chi connectivity index (χ4v) is 5.03. The maximum Gasteiger partial charge on any atom is 0.411 e. The van der Waals surface area contributed by atoms with Crippen molar-refractivity contribution in [3.63, 3.8) is 0 Å². The summed E-state index contributed by atoms with van der Waals surface area (Å²) in [4.78, 5) is 43.4. The number of anilines is 1. The zero-order chi connectivity index (χ0) is 28.5. The van der Waals surface area contributed by atoms with E-state index in [0.29, 0.717) is 47.3 Å². The molecule has 5 heterocycles. The van der Waals surface area contributed by atoms with Crippen molar-refractivity contribution in [2.24, 2.45) is 0 Å². The summed E-state index contributed by atoms with van der Waals surface area (Å²) in [6.07, 6.45) is 4.84. The van der Waals surface area contributed by atoms with E-state index in [9.17, 15) is 14.7 Å². The van der Waals surface area contributed by atoms with Crippen LogP contribution >= 0.6 is 0 Å². The molecule has 0 fully saturated rings. The van der Waals surface area contributed by atoms with E-state index in [1.807, 2.05) is 25.1 Å². The van der Waals surface area contributed by atoms with Gasteiger partial charge in [-0.15, -0.1) is 5.10 Å². The first kappa shape index (κ1) is 26.0. The molecule has 6 rings (SSSR count). The van der Waals surface area contributed by atoms with Crippen LogP contribution in [-0.2, 0) is 11.2 Å². The predicted molar refractivity (Wildman–Crippen MR) is 147 cm³/mol. The van der Waals surface area contributed by atoms with Crippen molar-refractivity contribution < 1.29 is 14.6 Å². The molecule has 1 amide bonds. The van der Waals surface area contributed by atoms with Gasteiger partial charge in [0.25, 0.3) is 5.56 Å². The number of amides is 1. The van der Waals surface area contributed by atoms with Gasteiger partial charge in [-0.3, -0.25) is 19.2 Å². The molecular weight excluding hydrogens is 528 g/mol. The number of nitrogens with zero attached hydrogens (tertiary/aromatic N) is 9. The molecule has 0 radical (unpaired) electrons. The highest BCUT2D eigenvalue weighted by Gasteiger charge is 2.29. The number of pyridine rings is 1. The second-order valence-corrected chi connectivity index (χ2v) is 9.61. The Balaban J connectivity index is 1.28. The number of aromatic amines is 1. The van der Waals surface area contributed by atoms with E-state index >= 15 is 0 Å². The molecule has 0 bridgehead atoms. The number of ether oxygens (including phenoxy) is 1. The summed E-state index contributed by atoms with van der Waals surface area (Å²) in [6, 6.07) is 10.5. The van der Waals surface area contributed by atoms with Crippen LogP contribution in [0.3, 0.4) is 0 Å². The maximum atomic E-state index is 13.4. The van der Waals surface area contributed by atoms with Gasteiger partial charge < -0.3 is 14.8 Å². The van der Waals surface area contributed by atoms with E-state index in [2.05, 4.69) is 30.5 Å². The minimum absolute atomic E-state index is 0.179. The van der Waals surface area contributed by atoms with E-state index < -0.39 is 6.09 Å². The number of rotatable bonds is 8. The minimum atomic E-state index is -1.09. The van der Waals surface area contributed by atoms with E-state index in [-0.39, 0.29) is 24.8 Å². The van der Waals surface area contributed by atoms with Gasteiger partial charge >= 0.3 is 6.09 Å². The third-order valence-corrected chi connectivity index (χ3v) is 7.00. The largest absolute Gasteiger partial charge is 0.465 e. The highest BCUT2D eigenvalue weighted by Crippen LogP contribution is 2.32. The molecule has 1 aliphatic rings. The molecule has 0 unspecified atom stereocenters. The van der Waals surface area contributed by atoms with Crippen LogP contribution in [0.4, 0.5) is 10.5 Å². The molecule has 41 heavy (non-hydrogen) atoms. The lowest BCUT2D eigenvalue weighted by atomic mass is 10.1. The number of aryl methyl sites for hydroxylation is 2. The molecule has 0 saturated carbocycles. The van der Waals surface area contributed by atoms with Gasteiger partial charge in [0.1, 0.15) is 18.0 Å². The molecule has 0 spiro atoms. The molecular formula is C27H26N10O4. The van der Waals surface area contributed by atoms with Crippen LogP contribution in [0.5, 0.6) is 0 Å². The Morgan fingerprint density at radius 1 is 1.17 bits per heavy atom. The molecule has 0 saturated heterocycles. The molecule has 5 aromatic rings. The highest BCUT2D eigenvalue weighted by molar-refractivity contribution is 5.86. The van der Waals surface area contributed by atoms with Crippen molar-refractivity contribution in [1.82, 2.24) is 44.7 Å². The Morgan fingerprint density at radius 3 is 2.78 bits per heavy atom. The highest BCUT2D eigenvalue weighted by atomic mass is 16.5. The number of benzene rings is 1. The molecule has 1 aliphatic heterocycles. The van der Waals surface area contributed by atoms with Crippen molar-refractivity contribution >= 4 is 11.8 Å². The Bertz CT molecular complexity index is 1760. The number of hydrogen-bond donors (Lipinski definition) is 2. The fraction of sp³-hybridized carbons (Fsp3) is 0.259. The Hall–Kier alpha value is -5.24. The Labute approximate surface area is 233 Å². The number of aromatic nitrogens is 9. The summed E-state index contributed by atoms with van der Waals surface area (Å²) in [6.45, 7) is 2.43. The lowest BCUT2D eigenvalue weighted by Crippen LogP contribution is -2.32. The average Bonchev–Trinajstić information content (AvgIpc) is 3.74. The SMILES string of the molecule is COCCN(C(=O)O)c1ccc(-c2cnc([C@@H]3CCc4nc(-c5cc(C)ccc5-n5cnnn5)cc(=O)n43)[nH]2)nc1. The second kappa shape index (κ2) is 10.7. The second-order valence-electron chi connectivity index (χ2n) is 9.61. The molecule has 0 aliphatic carbocycles. The molecule has 1 atom stereocenters. The number of imidazole rings is 1. The van der Waals surface area contributed by atoms with Crippen LogP contribution < -0.4 is 10.5 Å².